The van der Waals surface area contributed by atoms with E-state index in [1.807, 2.05) is 0 Å². The van der Waals surface area contributed by atoms with Crippen LogP contribution in [-0.4, -0.2) is 41.6 Å². The third-order valence-corrected chi connectivity index (χ3v) is 3.32. The van der Waals surface area contributed by atoms with Gasteiger partial charge in [0.2, 0.25) is 5.91 Å². The highest BCUT2D eigenvalue weighted by molar-refractivity contribution is 6.29. The smallest absolute Gasteiger partial charge is 0.335 e. The highest BCUT2D eigenvalue weighted by atomic mass is 35.5. The number of carbonyl (C=O) groups excluding carboxylic acids is 1. The molecule has 0 saturated carbocycles. The van der Waals surface area contributed by atoms with Crippen molar-refractivity contribution < 1.29 is 14.7 Å². The lowest BCUT2D eigenvalue weighted by Gasteiger charge is -2.24. The number of aromatic nitrogens is 1. The maximum atomic E-state index is 11.8. The number of pyridine rings is 1. The van der Waals surface area contributed by atoms with Gasteiger partial charge in [0.05, 0.1) is 5.56 Å². The largest absolute Gasteiger partial charge is 0.478 e. The SMILES string of the molecule is CNC(=O)C1CCCN1c1cc(C(=O)O)cc(Cl)n1. The Morgan fingerprint density at radius 1 is 1.53 bits per heavy atom. The second-order valence-corrected chi connectivity index (χ2v) is 4.69. The number of halogens is 1. The molecule has 7 heteroatoms. The molecule has 1 atom stereocenters. The van der Waals surface area contributed by atoms with E-state index in [-0.39, 0.29) is 22.7 Å². The summed E-state index contributed by atoms with van der Waals surface area (Å²) in [5.41, 5.74) is 0.0672. The van der Waals surface area contributed by atoms with Crippen molar-refractivity contribution >= 4 is 29.3 Å². The van der Waals surface area contributed by atoms with Gasteiger partial charge in [-0.15, -0.1) is 0 Å². The van der Waals surface area contributed by atoms with Gasteiger partial charge in [-0.2, -0.15) is 0 Å². The number of aromatic carboxylic acids is 1. The van der Waals surface area contributed by atoms with Crippen molar-refractivity contribution in [3.8, 4) is 0 Å². The first-order valence-electron chi connectivity index (χ1n) is 5.92. The van der Waals surface area contributed by atoms with Gasteiger partial charge in [-0.1, -0.05) is 11.6 Å². The Balaban J connectivity index is 2.35. The van der Waals surface area contributed by atoms with Gasteiger partial charge >= 0.3 is 5.97 Å². The van der Waals surface area contributed by atoms with Gasteiger partial charge in [0.1, 0.15) is 17.0 Å². The number of carbonyl (C=O) groups is 2. The van der Waals surface area contributed by atoms with Crippen molar-refractivity contribution in [2.75, 3.05) is 18.5 Å². The molecule has 1 aliphatic rings. The molecule has 0 spiro atoms. The lowest BCUT2D eigenvalue weighted by molar-refractivity contribution is -0.121. The van der Waals surface area contributed by atoms with E-state index >= 15 is 0 Å². The fourth-order valence-electron chi connectivity index (χ4n) is 2.23. The van der Waals surface area contributed by atoms with E-state index in [0.717, 1.165) is 12.8 Å². The van der Waals surface area contributed by atoms with Gasteiger partial charge in [0.15, 0.2) is 0 Å². The third kappa shape index (κ3) is 2.78. The van der Waals surface area contributed by atoms with Crippen LogP contribution in [-0.2, 0) is 4.79 Å². The Bertz CT molecular complexity index is 521. The summed E-state index contributed by atoms with van der Waals surface area (Å²) < 4.78 is 0. The van der Waals surface area contributed by atoms with Gasteiger partial charge < -0.3 is 15.3 Å². The van der Waals surface area contributed by atoms with Crippen LogP contribution in [0, 0.1) is 0 Å². The van der Waals surface area contributed by atoms with Gasteiger partial charge in [-0.05, 0) is 25.0 Å². The van der Waals surface area contributed by atoms with Crippen LogP contribution in [0.1, 0.15) is 23.2 Å². The first-order valence-corrected chi connectivity index (χ1v) is 6.30. The summed E-state index contributed by atoms with van der Waals surface area (Å²) in [6, 6.07) is 2.41. The van der Waals surface area contributed by atoms with Crippen molar-refractivity contribution in [3.63, 3.8) is 0 Å². The van der Waals surface area contributed by atoms with E-state index in [1.54, 1.807) is 11.9 Å². The van der Waals surface area contributed by atoms with E-state index in [0.29, 0.717) is 12.4 Å². The molecule has 1 amide bonds. The summed E-state index contributed by atoms with van der Waals surface area (Å²) in [7, 11) is 1.58. The van der Waals surface area contributed by atoms with Crippen LogP contribution >= 0.6 is 11.6 Å². The molecule has 1 fully saturated rings. The predicted molar refractivity (Wildman–Crippen MR) is 70.6 cm³/mol. The zero-order valence-electron chi connectivity index (χ0n) is 10.4. The molecular formula is C12H14ClN3O3. The monoisotopic (exact) mass is 283 g/mol. The Morgan fingerprint density at radius 3 is 2.89 bits per heavy atom. The molecule has 1 aliphatic heterocycles. The van der Waals surface area contributed by atoms with Gasteiger partial charge in [0.25, 0.3) is 0 Å². The van der Waals surface area contributed by atoms with Crippen molar-refractivity contribution in [2.45, 2.75) is 18.9 Å². The number of rotatable bonds is 3. The zero-order valence-corrected chi connectivity index (χ0v) is 11.1. The van der Waals surface area contributed by atoms with Crippen molar-refractivity contribution in [3.05, 3.63) is 22.8 Å². The minimum Gasteiger partial charge on any atom is -0.478 e. The van der Waals surface area contributed by atoms with Gasteiger partial charge in [-0.3, -0.25) is 4.79 Å². The molecule has 2 N–H and O–H groups in total. The maximum absolute atomic E-state index is 11.8. The lowest BCUT2D eigenvalue weighted by Crippen LogP contribution is -2.42. The Morgan fingerprint density at radius 2 is 2.26 bits per heavy atom. The van der Waals surface area contributed by atoms with Gasteiger partial charge in [0, 0.05) is 13.6 Å². The normalized spacial score (nSPS) is 18.4. The second-order valence-electron chi connectivity index (χ2n) is 4.31. The standard InChI is InChI=1S/C12H14ClN3O3/c1-14-11(17)8-3-2-4-16(8)10-6-7(12(18)19)5-9(13)15-10/h5-6,8H,2-4H2,1H3,(H,14,17)(H,18,19). The molecule has 0 aromatic carbocycles. The Labute approximate surface area is 115 Å². The average Bonchev–Trinajstić information content (AvgIpc) is 2.86. The summed E-state index contributed by atoms with van der Waals surface area (Å²) in [6.07, 6.45) is 1.57. The minimum atomic E-state index is -1.07. The predicted octanol–water partition coefficient (Wildman–Crippen LogP) is 1.15. The molecule has 19 heavy (non-hydrogen) atoms. The summed E-state index contributed by atoms with van der Waals surface area (Å²) >= 11 is 5.83. The highest BCUT2D eigenvalue weighted by Crippen LogP contribution is 2.26. The van der Waals surface area contributed by atoms with E-state index in [4.69, 9.17) is 16.7 Å². The second kappa shape index (κ2) is 5.44. The average molecular weight is 284 g/mol. The quantitative estimate of drug-likeness (QED) is 0.813. The molecule has 1 saturated heterocycles. The van der Waals surface area contributed by atoms with Crippen LogP contribution in [0.5, 0.6) is 0 Å². The molecule has 0 aliphatic carbocycles. The fourth-order valence-corrected chi connectivity index (χ4v) is 2.44. The van der Waals surface area contributed by atoms with E-state index in [1.165, 1.54) is 12.1 Å². The molecule has 0 bridgehead atoms. The summed E-state index contributed by atoms with van der Waals surface area (Å²) in [5, 5.41) is 11.7. The van der Waals surface area contributed by atoms with Crippen LogP contribution in [0.4, 0.5) is 5.82 Å². The molecule has 2 rings (SSSR count). The number of hydrogen-bond acceptors (Lipinski definition) is 4. The molecule has 1 aromatic heterocycles. The highest BCUT2D eigenvalue weighted by Gasteiger charge is 2.31. The van der Waals surface area contributed by atoms with Crippen molar-refractivity contribution in [2.24, 2.45) is 0 Å². The summed E-state index contributed by atoms with van der Waals surface area (Å²) in [4.78, 5) is 28.7. The fraction of sp³-hybridized carbons (Fsp3) is 0.417. The van der Waals surface area contributed by atoms with Crippen LogP contribution in [0.15, 0.2) is 12.1 Å². The van der Waals surface area contributed by atoms with E-state index in [9.17, 15) is 9.59 Å². The molecule has 6 nitrogen and oxygen atoms in total. The molecule has 1 aromatic rings. The first kappa shape index (κ1) is 13.6. The zero-order chi connectivity index (χ0) is 14.0. The number of amides is 1. The number of anilines is 1. The summed E-state index contributed by atoms with van der Waals surface area (Å²) in [5.74, 6) is -0.742. The third-order valence-electron chi connectivity index (χ3n) is 3.12. The lowest BCUT2D eigenvalue weighted by atomic mass is 10.2. The topological polar surface area (TPSA) is 82.5 Å². The van der Waals surface area contributed by atoms with Crippen LogP contribution < -0.4 is 10.2 Å². The van der Waals surface area contributed by atoms with Crippen LogP contribution in [0.3, 0.4) is 0 Å². The molecule has 1 unspecified atom stereocenters. The molecular weight excluding hydrogens is 270 g/mol. The van der Waals surface area contributed by atoms with Crippen molar-refractivity contribution in [1.29, 1.82) is 0 Å². The molecule has 0 radical (unpaired) electrons. The first-order chi connectivity index (χ1) is 9.02. The molecule has 102 valence electrons. The molecule has 2 heterocycles. The number of hydrogen-bond donors (Lipinski definition) is 2. The summed E-state index contributed by atoms with van der Waals surface area (Å²) in [6.45, 7) is 0.657. The maximum Gasteiger partial charge on any atom is 0.335 e. The van der Waals surface area contributed by atoms with Gasteiger partial charge in [-0.25, -0.2) is 9.78 Å². The van der Waals surface area contributed by atoms with E-state index < -0.39 is 5.97 Å². The minimum absolute atomic E-state index is 0.0672. The van der Waals surface area contributed by atoms with Crippen LogP contribution in [0.25, 0.3) is 0 Å². The Kier molecular flexibility index (Phi) is 3.90. The van der Waals surface area contributed by atoms with Crippen molar-refractivity contribution in [1.82, 2.24) is 10.3 Å². The number of nitrogens with one attached hydrogen (secondary N) is 1. The number of carboxylic acid groups (broad SMARTS) is 1. The number of likely N-dealkylation sites (N-methyl/N-ethyl adjacent to an activating group) is 1. The Hall–Kier alpha value is -1.82. The van der Waals surface area contributed by atoms with Crippen LogP contribution in [0.2, 0.25) is 5.15 Å². The van der Waals surface area contributed by atoms with E-state index in [2.05, 4.69) is 10.3 Å². The number of nitrogens with zero attached hydrogens (tertiary/aromatic N) is 2. The number of carboxylic acids is 1.